The van der Waals surface area contributed by atoms with Crippen LogP contribution in [0.4, 0.5) is 8.78 Å². The lowest BCUT2D eigenvalue weighted by molar-refractivity contribution is -0.125. The van der Waals surface area contributed by atoms with Crippen LogP contribution in [-0.2, 0) is 11.2 Å². The number of rotatable bonds is 3. The summed E-state index contributed by atoms with van der Waals surface area (Å²) < 4.78 is 27.1. The van der Waals surface area contributed by atoms with Gasteiger partial charge in [0.1, 0.15) is 11.6 Å². The number of hydrogen-bond acceptors (Lipinski definition) is 3. The number of benzene rings is 1. The van der Waals surface area contributed by atoms with Gasteiger partial charge < -0.3 is 4.90 Å². The van der Waals surface area contributed by atoms with Crippen molar-refractivity contribution >= 4 is 5.78 Å². The van der Waals surface area contributed by atoms with Crippen LogP contribution in [0.5, 0.6) is 0 Å². The summed E-state index contributed by atoms with van der Waals surface area (Å²) in [4.78, 5) is 16.2. The maximum Gasteiger partial charge on any atom is 0.155 e. The minimum atomic E-state index is -0.653. The van der Waals surface area contributed by atoms with Gasteiger partial charge >= 0.3 is 0 Å². The van der Waals surface area contributed by atoms with Gasteiger partial charge in [0, 0.05) is 31.6 Å². The second-order valence-electron chi connectivity index (χ2n) is 5.10. The second kappa shape index (κ2) is 5.75. The highest BCUT2D eigenvalue weighted by atomic mass is 19.1. The molecule has 1 atom stereocenters. The van der Waals surface area contributed by atoms with Gasteiger partial charge in [0.05, 0.1) is 6.04 Å². The summed E-state index contributed by atoms with van der Waals surface area (Å²) in [7, 11) is 3.81. The van der Waals surface area contributed by atoms with Crippen molar-refractivity contribution in [2.24, 2.45) is 0 Å². The van der Waals surface area contributed by atoms with Crippen LogP contribution in [-0.4, -0.2) is 55.4 Å². The Balaban J connectivity index is 2.12. The van der Waals surface area contributed by atoms with E-state index in [0.29, 0.717) is 6.54 Å². The first-order valence-electron chi connectivity index (χ1n) is 6.33. The van der Waals surface area contributed by atoms with Gasteiger partial charge in [-0.25, -0.2) is 8.78 Å². The van der Waals surface area contributed by atoms with Crippen molar-refractivity contribution in [3.05, 3.63) is 35.4 Å². The van der Waals surface area contributed by atoms with Crippen molar-refractivity contribution in [2.75, 3.05) is 33.7 Å². The molecule has 104 valence electrons. The maximum absolute atomic E-state index is 13.5. The topological polar surface area (TPSA) is 23.6 Å². The lowest BCUT2D eigenvalue weighted by Gasteiger charge is -2.36. The largest absolute Gasteiger partial charge is 0.303 e. The number of carbonyl (C=O) groups excluding carboxylic acids is 1. The molecule has 1 aromatic rings. The maximum atomic E-state index is 13.5. The summed E-state index contributed by atoms with van der Waals surface area (Å²) in [6.45, 7) is 2.28. The number of Topliss-reactive ketones (excluding diaryl/α,β-unsaturated/α-hetero) is 1. The molecule has 2 rings (SSSR count). The summed E-state index contributed by atoms with van der Waals surface area (Å²) in [5.74, 6) is -1.45. The van der Waals surface area contributed by atoms with Crippen LogP contribution in [0.1, 0.15) is 5.56 Å². The monoisotopic (exact) mass is 268 g/mol. The first kappa shape index (κ1) is 14.1. The van der Waals surface area contributed by atoms with Gasteiger partial charge in [-0.15, -0.1) is 0 Å². The summed E-state index contributed by atoms with van der Waals surface area (Å²) in [6.07, 6.45) is -0.193. The zero-order valence-electron chi connectivity index (χ0n) is 11.2. The van der Waals surface area contributed by atoms with Crippen molar-refractivity contribution in [3.63, 3.8) is 0 Å². The molecule has 0 aliphatic carbocycles. The quantitative estimate of drug-likeness (QED) is 0.826. The van der Waals surface area contributed by atoms with Crippen molar-refractivity contribution in [3.8, 4) is 0 Å². The molecule has 1 aliphatic heterocycles. The number of carbonyl (C=O) groups is 1. The molecule has 1 saturated heterocycles. The Morgan fingerprint density at radius 1 is 1.26 bits per heavy atom. The SMILES string of the molecule is CN1CCN(C)C(C(=O)Cc2c(F)cccc2F)C1. The van der Waals surface area contributed by atoms with E-state index >= 15 is 0 Å². The zero-order chi connectivity index (χ0) is 14.0. The molecule has 19 heavy (non-hydrogen) atoms. The smallest absolute Gasteiger partial charge is 0.155 e. The fourth-order valence-corrected chi connectivity index (χ4v) is 2.35. The third-order valence-electron chi connectivity index (χ3n) is 3.64. The van der Waals surface area contributed by atoms with Gasteiger partial charge in [0.15, 0.2) is 5.78 Å². The Morgan fingerprint density at radius 2 is 1.89 bits per heavy atom. The van der Waals surface area contributed by atoms with Gasteiger partial charge in [-0.05, 0) is 26.2 Å². The number of nitrogens with zero attached hydrogens (tertiary/aromatic N) is 2. The molecule has 5 heteroatoms. The molecule has 0 spiro atoms. The van der Waals surface area contributed by atoms with E-state index in [1.165, 1.54) is 18.2 Å². The summed E-state index contributed by atoms with van der Waals surface area (Å²) >= 11 is 0. The van der Waals surface area contributed by atoms with Gasteiger partial charge in [-0.2, -0.15) is 0 Å². The Morgan fingerprint density at radius 3 is 2.53 bits per heavy atom. The highest BCUT2D eigenvalue weighted by molar-refractivity contribution is 5.86. The van der Waals surface area contributed by atoms with Crippen LogP contribution in [0.2, 0.25) is 0 Å². The summed E-state index contributed by atoms with van der Waals surface area (Å²) in [5, 5.41) is 0. The van der Waals surface area contributed by atoms with Crippen LogP contribution in [0.25, 0.3) is 0 Å². The standard InChI is InChI=1S/C14H18F2N2O/c1-17-6-7-18(2)13(9-17)14(19)8-10-11(15)4-3-5-12(10)16/h3-5,13H,6-9H2,1-2H3. The minimum Gasteiger partial charge on any atom is -0.303 e. The number of hydrogen-bond donors (Lipinski definition) is 0. The van der Waals surface area contributed by atoms with Crippen molar-refractivity contribution in [1.82, 2.24) is 9.80 Å². The Hall–Kier alpha value is -1.33. The lowest BCUT2D eigenvalue weighted by atomic mass is 10.00. The van der Waals surface area contributed by atoms with E-state index in [4.69, 9.17) is 0 Å². The first-order chi connectivity index (χ1) is 8.99. The fourth-order valence-electron chi connectivity index (χ4n) is 2.35. The molecule has 1 aromatic carbocycles. The molecule has 3 nitrogen and oxygen atoms in total. The average Bonchev–Trinajstić information content (AvgIpc) is 2.37. The molecular weight excluding hydrogens is 250 g/mol. The summed E-state index contributed by atoms with van der Waals surface area (Å²) in [6, 6.07) is 3.38. The second-order valence-corrected chi connectivity index (χ2v) is 5.10. The minimum absolute atomic E-state index is 0.130. The predicted molar refractivity (Wildman–Crippen MR) is 69.0 cm³/mol. The number of piperazine rings is 1. The Bertz CT molecular complexity index is 458. The highest BCUT2D eigenvalue weighted by Gasteiger charge is 2.29. The number of ketones is 1. The zero-order valence-corrected chi connectivity index (χ0v) is 11.2. The summed E-state index contributed by atoms with van der Waals surface area (Å²) in [5.41, 5.74) is -0.130. The average molecular weight is 268 g/mol. The van der Waals surface area contributed by atoms with Crippen LogP contribution in [0.3, 0.4) is 0 Å². The van der Waals surface area contributed by atoms with Crippen molar-refractivity contribution in [1.29, 1.82) is 0 Å². The van der Waals surface area contributed by atoms with Crippen LogP contribution < -0.4 is 0 Å². The molecule has 1 aliphatic rings. The fraction of sp³-hybridized carbons (Fsp3) is 0.500. The van der Waals surface area contributed by atoms with Crippen molar-refractivity contribution < 1.29 is 13.6 Å². The predicted octanol–water partition coefficient (Wildman–Crippen LogP) is 1.32. The van der Waals surface area contributed by atoms with E-state index in [2.05, 4.69) is 4.90 Å². The van der Waals surface area contributed by atoms with Gasteiger partial charge in [0.2, 0.25) is 0 Å². The van der Waals surface area contributed by atoms with Gasteiger partial charge in [-0.1, -0.05) is 6.07 Å². The molecular formula is C14H18F2N2O. The Kier molecular flexibility index (Phi) is 4.27. The molecule has 0 aromatic heterocycles. The lowest BCUT2D eigenvalue weighted by Crippen LogP contribution is -2.54. The molecule has 1 heterocycles. The van der Waals surface area contributed by atoms with E-state index < -0.39 is 11.6 Å². The molecule has 0 saturated carbocycles. The molecule has 0 radical (unpaired) electrons. The van der Waals surface area contributed by atoms with E-state index in [1.54, 1.807) is 0 Å². The molecule has 0 amide bonds. The molecule has 1 unspecified atom stereocenters. The third kappa shape index (κ3) is 3.16. The van der Waals surface area contributed by atoms with Crippen LogP contribution in [0.15, 0.2) is 18.2 Å². The van der Waals surface area contributed by atoms with E-state index in [0.717, 1.165) is 13.1 Å². The number of halogens is 2. The highest BCUT2D eigenvalue weighted by Crippen LogP contribution is 2.16. The normalized spacial score (nSPS) is 21.6. The van der Waals surface area contributed by atoms with Gasteiger partial charge in [0.25, 0.3) is 0 Å². The molecule has 0 N–H and O–H groups in total. The molecule has 0 bridgehead atoms. The van der Waals surface area contributed by atoms with Gasteiger partial charge in [-0.3, -0.25) is 9.69 Å². The van der Waals surface area contributed by atoms with Crippen molar-refractivity contribution in [2.45, 2.75) is 12.5 Å². The Labute approximate surface area is 111 Å². The van der Waals surface area contributed by atoms with Crippen LogP contribution in [0, 0.1) is 11.6 Å². The van der Waals surface area contributed by atoms with E-state index in [1.807, 2.05) is 19.0 Å². The third-order valence-corrected chi connectivity index (χ3v) is 3.64. The first-order valence-corrected chi connectivity index (χ1v) is 6.33. The number of likely N-dealkylation sites (N-methyl/N-ethyl adjacent to an activating group) is 2. The van der Waals surface area contributed by atoms with Crippen LogP contribution >= 0.6 is 0 Å². The molecule has 1 fully saturated rings. The van der Waals surface area contributed by atoms with E-state index in [-0.39, 0.29) is 23.8 Å². The van der Waals surface area contributed by atoms with E-state index in [9.17, 15) is 13.6 Å².